The Morgan fingerprint density at radius 3 is 2.50 bits per heavy atom. The molecule has 1 unspecified atom stereocenters. The number of nitrogens with one attached hydrogen (secondary N) is 3. The van der Waals surface area contributed by atoms with Gasteiger partial charge in [-0.3, -0.25) is 9.80 Å². The number of allylic oxidation sites excluding steroid dienone is 1. The summed E-state index contributed by atoms with van der Waals surface area (Å²) in [6.45, 7) is 15.9. The molecule has 6 heteroatoms. The van der Waals surface area contributed by atoms with Crippen LogP contribution in [-0.4, -0.2) is 35.2 Å². The molecule has 0 aromatic carbocycles. The van der Waals surface area contributed by atoms with E-state index in [9.17, 15) is 4.79 Å². The van der Waals surface area contributed by atoms with E-state index >= 15 is 0 Å². The molecular formula is C18H36N4O2. The molecule has 6 nitrogen and oxygen atoms in total. The second-order valence-corrected chi connectivity index (χ2v) is 7.78. The molecule has 24 heavy (non-hydrogen) atoms. The summed E-state index contributed by atoms with van der Waals surface area (Å²) < 4.78 is 6.15. The van der Waals surface area contributed by atoms with E-state index in [1.807, 2.05) is 13.8 Å². The van der Waals surface area contributed by atoms with Crippen molar-refractivity contribution in [1.82, 2.24) is 21.3 Å². The van der Waals surface area contributed by atoms with E-state index in [2.05, 4.69) is 62.1 Å². The summed E-state index contributed by atoms with van der Waals surface area (Å²) >= 11 is 0. The standard InChI is InChI=1S/C18H36N4O2/c1-8-16(23)19-18(7,9-2)13-24-17(5,6)10-11-22-12-15(14(3)4)20-21-22/h12,14,20-21H,8-11,13H2,1-7H3,(H,19,23). The van der Waals surface area contributed by atoms with Crippen molar-refractivity contribution >= 4 is 5.91 Å². The Bertz CT molecular complexity index is 448. The third kappa shape index (κ3) is 6.69. The highest BCUT2D eigenvalue weighted by molar-refractivity contribution is 5.76. The Labute approximate surface area is 147 Å². The molecular weight excluding hydrogens is 304 g/mol. The lowest BCUT2D eigenvalue weighted by molar-refractivity contribution is -0.125. The number of amides is 1. The van der Waals surface area contributed by atoms with E-state index in [-0.39, 0.29) is 17.0 Å². The monoisotopic (exact) mass is 340 g/mol. The number of carbonyl (C=O) groups excluding carboxylic acids is 1. The molecule has 1 rings (SSSR count). The Morgan fingerprint density at radius 1 is 1.33 bits per heavy atom. The van der Waals surface area contributed by atoms with E-state index in [1.165, 1.54) is 5.70 Å². The molecule has 0 aliphatic carbocycles. The first kappa shape index (κ1) is 20.8. The first-order valence-electron chi connectivity index (χ1n) is 9.06. The minimum absolute atomic E-state index is 0.0689. The van der Waals surface area contributed by atoms with Gasteiger partial charge in [0.25, 0.3) is 0 Å². The van der Waals surface area contributed by atoms with Gasteiger partial charge in [0.05, 0.1) is 17.7 Å². The molecule has 3 N–H and O–H groups in total. The predicted molar refractivity (Wildman–Crippen MR) is 97.7 cm³/mol. The molecule has 1 heterocycles. The topological polar surface area (TPSA) is 65.6 Å². The first-order valence-corrected chi connectivity index (χ1v) is 9.06. The average molecular weight is 341 g/mol. The van der Waals surface area contributed by atoms with Crippen molar-refractivity contribution in [3.05, 3.63) is 11.9 Å². The van der Waals surface area contributed by atoms with Crippen molar-refractivity contribution in [3.8, 4) is 0 Å². The fourth-order valence-electron chi connectivity index (χ4n) is 2.25. The zero-order valence-electron chi connectivity index (χ0n) is 16.5. The summed E-state index contributed by atoms with van der Waals surface area (Å²) in [6.07, 6.45) is 4.33. The Kier molecular flexibility index (Phi) is 7.55. The van der Waals surface area contributed by atoms with E-state index in [1.54, 1.807) is 0 Å². The van der Waals surface area contributed by atoms with Crippen LogP contribution < -0.4 is 16.3 Å². The maximum Gasteiger partial charge on any atom is 0.220 e. The second-order valence-electron chi connectivity index (χ2n) is 7.78. The highest BCUT2D eigenvalue weighted by atomic mass is 16.5. The van der Waals surface area contributed by atoms with Gasteiger partial charge in [0, 0.05) is 24.9 Å². The minimum Gasteiger partial charge on any atom is -0.373 e. The smallest absolute Gasteiger partial charge is 0.220 e. The highest BCUT2D eigenvalue weighted by Gasteiger charge is 2.29. The summed E-state index contributed by atoms with van der Waals surface area (Å²) in [6, 6.07) is 0. The number of hydrogen-bond donors (Lipinski definition) is 3. The van der Waals surface area contributed by atoms with Gasteiger partial charge in [-0.05, 0) is 39.5 Å². The fourth-order valence-corrected chi connectivity index (χ4v) is 2.25. The van der Waals surface area contributed by atoms with Crippen molar-refractivity contribution < 1.29 is 9.53 Å². The summed E-state index contributed by atoms with van der Waals surface area (Å²) in [5.41, 5.74) is 6.95. The van der Waals surface area contributed by atoms with Crippen LogP contribution in [0.4, 0.5) is 0 Å². The normalized spacial score (nSPS) is 17.5. The highest BCUT2D eigenvalue weighted by Crippen LogP contribution is 2.20. The first-order chi connectivity index (χ1) is 11.1. The van der Waals surface area contributed by atoms with E-state index in [0.717, 1.165) is 19.4 Å². The molecule has 1 atom stereocenters. The van der Waals surface area contributed by atoms with Crippen molar-refractivity contribution in [2.45, 2.75) is 78.9 Å². The SMILES string of the molecule is CCC(=O)NC(C)(CC)COC(C)(C)CCN1C=C(C(C)C)NN1. The van der Waals surface area contributed by atoms with Crippen molar-refractivity contribution in [2.75, 3.05) is 13.2 Å². The predicted octanol–water partition coefficient (Wildman–Crippen LogP) is 2.69. The van der Waals surface area contributed by atoms with Crippen LogP contribution in [0.15, 0.2) is 11.9 Å². The van der Waals surface area contributed by atoms with Gasteiger partial charge >= 0.3 is 0 Å². The molecule has 140 valence electrons. The van der Waals surface area contributed by atoms with Crippen LogP contribution in [-0.2, 0) is 9.53 Å². The maximum atomic E-state index is 11.7. The number of carbonyl (C=O) groups is 1. The van der Waals surface area contributed by atoms with Crippen LogP contribution in [0.1, 0.15) is 67.7 Å². The average Bonchev–Trinajstić information content (AvgIpc) is 3.00. The molecule has 1 amide bonds. The van der Waals surface area contributed by atoms with Crippen LogP contribution >= 0.6 is 0 Å². The molecule has 0 saturated heterocycles. The van der Waals surface area contributed by atoms with Gasteiger partial charge in [0.1, 0.15) is 0 Å². The van der Waals surface area contributed by atoms with Crippen LogP contribution in [0.25, 0.3) is 0 Å². The number of hydrogen-bond acceptors (Lipinski definition) is 5. The molecule has 0 fully saturated rings. The maximum absolute atomic E-state index is 11.7. The van der Waals surface area contributed by atoms with Crippen molar-refractivity contribution in [1.29, 1.82) is 0 Å². The van der Waals surface area contributed by atoms with Crippen LogP contribution in [0, 0.1) is 5.92 Å². The van der Waals surface area contributed by atoms with Gasteiger partial charge in [-0.1, -0.05) is 27.7 Å². The van der Waals surface area contributed by atoms with E-state index < -0.39 is 0 Å². The Morgan fingerprint density at radius 2 is 2.00 bits per heavy atom. The number of ether oxygens (including phenoxy) is 1. The van der Waals surface area contributed by atoms with Crippen LogP contribution in [0.5, 0.6) is 0 Å². The zero-order valence-corrected chi connectivity index (χ0v) is 16.5. The molecule has 0 aromatic rings. The van der Waals surface area contributed by atoms with E-state index in [4.69, 9.17) is 4.74 Å². The second kappa shape index (κ2) is 8.72. The number of hydrazine groups is 2. The Hall–Kier alpha value is -1.27. The molecule has 0 saturated carbocycles. The van der Waals surface area contributed by atoms with Crippen LogP contribution in [0.3, 0.4) is 0 Å². The van der Waals surface area contributed by atoms with Gasteiger partial charge < -0.3 is 15.5 Å². The van der Waals surface area contributed by atoms with Gasteiger partial charge in [-0.2, -0.15) is 0 Å². The van der Waals surface area contributed by atoms with Gasteiger partial charge in [-0.25, -0.2) is 0 Å². The zero-order chi connectivity index (χ0) is 18.4. The van der Waals surface area contributed by atoms with Gasteiger partial charge in [-0.15, -0.1) is 5.53 Å². The molecule has 1 aliphatic rings. The van der Waals surface area contributed by atoms with Crippen molar-refractivity contribution in [2.24, 2.45) is 5.92 Å². The molecule has 0 aromatic heterocycles. The lowest BCUT2D eigenvalue weighted by Crippen LogP contribution is -2.50. The van der Waals surface area contributed by atoms with Gasteiger partial charge in [0.15, 0.2) is 0 Å². The quantitative estimate of drug-likeness (QED) is 0.571. The number of rotatable bonds is 10. The largest absolute Gasteiger partial charge is 0.373 e. The summed E-state index contributed by atoms with van der Waals surface area (Å²) in [7, 11) is 0. The molecule has 0 radical (unpaired) electrons. The lowest BCUT2D eigenvalue weighted by Gasteiger charge is -2.35. The Balaban J connectivity index is 2.47. The van der Waals surface area contributed by atoms with E-state index in [0.29, 0.717) is 18.9 Å². The molecule has 0 spiro atoms. The van der Waals surface area contributed by atoms with Crippen molar-refractivity contribution in [3.63, 3.8) is 0 Å². The summed E-state index contributed by atoms with van der Waals surface area (Å²) in [5.74, 6) is 0.540. The number of nitrogens with zero attached hydrogens (tertiary/aromatic N) is 1. The summed E-state index contributed by atoms with van der Waals surface area (Å²) in [5, 5.41) is 5.13. The fraction of sp³-hybridized carbons (Fsp3) is 0.833. The lowest BCUT2D eigenvalue weighted by atomic mass is 9.98. The minimum atomic E-state index is -0.317. The third-order valence-corrected chi connectivity index (χ3v) is 4.54. The summed E-state index contributed by atoms with van der Waals surface area (Å²) in [4.78, 5) is 11.7. The third-order valence-electron chi connectivity index (χ3n) is 4.54. The molecule has 1 aliphatic heterocycles. The van der Waals surface area contributed by atoms with Gasteiger partial charge in [0.2, 0.25) is 5.91 Å². The molecule has 0 bridgehead atoms. The van der Waals surface area contributed by atoms with Crippen LogP contribution in [0.2, 0.25) is 0 Å².